The first-order valence-electron chi connectivity index (χ1n) is 10.7. The van der Waals surface area contributed by atoms with E-state index >= 15 is 0 Å². The van der Waals surface area contributed by atoms with Crippen LogP contribution in [0.15, 0.2) is 46.9 Å². The van der Waals surface area contributed by atoms with Crippen LogP contribution in [0.4, 0.5) is 10.5 Å². The first-order chi connectivity index (χ1) is 14.8. The van der Waals surface area contributed by atoms with Crippen molar-refractivity contribution in [2.45, 2.75) is 39.3 Å². The van der Waals surface area contributed by atoms with Gasteiger partial charge in [0.2, 0.25) is 5.89 Å². The Labute approximate surface area is 182 Å². The molecule has 0 aliphatic carbocycles. The molecule has 7 heteroatoms. The summed E-state index contributed by atoms with van der Waals surface area (Å²) in [5.41, 5.74) is 9.70. The number of ether oxygens (including phenoxy) is 1. The van der Waals surface area contributed by atoms with E-state index in [4.69, 9.17) is 14.9 Å². The van der Waals surface area contributed by atoms with Crippen LogP contribution in [0, 0.1) is 0 Å². The maximum Gasteiger partial charge on any atom is 0.410 e. The number of benzene rings is 2. The molecule has 4 rings (SSSR count). The zero-order valence-electron chi connectivity index (χ0n) is 18.4. The Kier molecular flexibility index (Phi) is 5.87. The van der Waals surface area contributed by atoms with E-state index in [1.807, 2.05) is 56.0 Å². The SMILES string of the molecule is CC(C)(C)OC(=O)N1CCCN(Cc2ccc3oc(-c4ccc(N)cc4)nc3c2)CC1. The Morgan fingerprint density at radius 2 is 1.87 bits per heavy atom. The molecule has 2 aromatic carbocycles. The first kappa shape index (κ1) is 21.2. The summed E-state index contributed by atoms with van der Waals surface area (Å²) in [4.78, 5) is 21.2. The lowest BCUT2D eigenvalue weighted by molar-refractivity contribution is 0.0257. The highest BCUT2D eigenvalue weighted by Crippen LogP contribution is 2.26. The highest BCUT2D eigenvalue weighted by Gasteiger charge is 2.24. The van der Waals surface area contributed by atoms with Gasteiger partial charge in [-0.25, -0.2) is 9.78 Å². The number of fused-ring (bicyclic) bond motifs is 1. The molecule has 1 fully saturated rings. The van der Waals surface area contributed by atoms with Crippen molar-refractivity contribution >= 4 is 22.9 Å². The topological polar surface area (TPSA) is 84.8 Å². The molecule has 31 heavy (non-hydrogen) atoms. The van der Waals surface area contributed by atoms with Gasteiger partial charge in [0.15, 0.2) is 5.58 Å². The van der Waals surface area contributed by atoms with Gasteiger partial charge in [0.25, 0.3) is 0 Å². The third-order valence-electron chi connectivity index (χ3n) is 5.26. The van der Waals surface area contributed by atoms with E-state index in [1.54, 1.807) is 0 Å². The van der Waals surface area contributed by atoms with Crippen molar-refractivity contribution in [1.29, 1.82) is 0 Å². The van der Waals surface area contributed by atoms with Gasteiger partial charge < -0.3 is 19.8 Å². The molecule has 7 nitrogen and oxygen atoms in total. The fraction of sp³-hybridized carbons (Fsp3) is 0.417. The summed E-state index contributed by atoms with van der Waals surface area (Å²) < 4.78 is 11.4. The fourth-order valence-electron chi connectivity index (χ4n) is 3.72. The molecule has 0 bridgehead atoms. The number of amides is 1. The summed E-state index contributed by atoms with van der Waals surface area (Å²) >= 11 is 0. The molecule has 0 atom stereocenters. The van der Waals surface area contributed by atoms with E-state index in [-0.39, 0.29) is 6.09 Å². The second kappa shape index (κ2) is 8.59. The summed E-state index contributed by atoms with van der Waals surface area (Å²) in [5, 5.41) is 0. The summed E-state index contributed by atoms with van der Waals surface area (Å²) in [7, 11) is 0. The highest BCUT2D eigenvalue weighted by atomic mass is 16.6. The van der Waals surface area contributed by atoms with E-state index in [9.17, 15) is 4.79 Å². The number of anilines is 1. The molecule has 2 N–H and O–H groups in total. The van der Waals surface area contributed by atoms with Crippen LogP contribution in [0.1, 0.15) is 32.8 Å². The molecule has 0 radical (unpaired) electrons. The predicted octanol–water partition coefficient (Wildman–Crippen LogP) is 4.52. The average Bonchev–Trinajstić information content (AvgIpc) is 2.98. The van der Waals surface area contributed by atoms with E-state index in [1.165, 1.54) is 5.56 Å². The second-order valence-electron chi connectivity index (χ2n) is 9.04. The van der Waals surface area contributed by atoms with Crippen molar-refractivity contribution in [3.05, 3.63) is 48.0 Å². The normalized spacial score (nSPS) is 15.8. The van der Waals surface area contributed by atoms with Crippen LogP contribution in [0.25, 0.3) is 22.6 Å². The highest BCUT2D eigenvalue weighted by molar-refractivity contribution is 5.77. The number of nitrogens with zero attached hydrogens (tertiary/aromatic N) is 3. The molecule has 0 unspecified atom stereocenters. The van der Waals surface area contributed by atoms with Gasteiger partial charge in [-0.15, -0.1) is 0 Å². The molecule has 0 spiro atoms. The van der Waals surface area contributed by atoms with Crippen molar-refractivity contribution in [2.75, 3.05) is 31.9 Å². The van der Waals surface area contributed by atoms with Crippen LogP contribution in [-0.2, 0) is 11.3 Å². The van der Waals surface area contributed by atoms with Crippen LogP contribution < -0.4 is 5.73 Å². The summed E-state index contributed by atoms with van der Waals surface area (Å²) in [6, 6.07) is 13.6. The van der Waals surface area contributed by atoms with E-state index in [0.29, 0.717) is 18.1 Å². The van der Waals surface area contributed by atoms with Crippen molar-refractivity contribution in [3.8, 4) is 11.5 Å². The Balaban J connectivity index is 1.41. The maximum atomic E-state index is 12.4. The van der Waals surface area contributed by atoms with Crippen LogP contribution >= 0.6 is 0 Å². The Morgan fingerprint density at radius 1 is 1.10 bits per heavy atom. The lowest BCUT2D eigenvalue weighted by Crippen LogP contribution is -2.39. The van der Waals surface area contributed by atoms with Gasteiger partial charge in [-0.1, -0.05) is 6.07 Å². The minimum atomic E-state index is -0.471. The molecule has 2 heterocycles. The van der Waals surface area contributed by atoms with Crippen LogP contribution in [-0.4, -0.2) is 52.7 Å². The maximum absolute atomic E-state index is 12.4. The number of hydrogen-bond donors (Lipinski definition) is 1. The van der Waals surface area contributed by atoms with Crippen molar-refractivity contribution in [1.82, 2.24) is 14.8 Å². The van der Waals surface area contributed by atoms with Gasteiger partial charge in [-0.05, 0) is 69.2 Å². The number of rotatable bonds is 3. The monoisotopic (exact) mass is 422 g/mol. The third-order valence-corrected chi connectivity index (χ3v) is 5.26. The molecule has 1 aliphatic heterocycles. The summed E-state index contributed by atoms with van der Waals surface area (Å²) in [5.74, 6) is 0.593. The molecule has 3 aromatic rings. The number of nitrogens with two attached hydrogens (primary N) is 1. The van der Waals surface area contributed by atoms with Gasteiger partial charge in [-0.3, -0.25) is 4.90 Å². The molecule has 1 amide bonds. The number of nitrogen functional groups attached to an aromatic ring is 1. The predicted molar refractivity (Wildman–Crippen MR) is 122 cm³/mol. The molecular formula is C24H30N4O3. The van der Waals surface area contributed by atoms with Gasteiger partial charge in [0.05, 0.1) is 0 Å². The number of aromatic nitrogens is 1. The lowest BCUT2D eigenvalue weighted by atomic mass is 10.2. The minimum Gasteiger partial charge on any atom is -0.444 e. The average molecular weight is 423 g/mol. The van der Waals surface area contributed by atoms with E-state index in [2.05, 4.69) is 22.0 Å². The number of carbonyl (C=O) groups excluding carboxylic acids is 1. The number of carbonyl (C=O) groups is 1. The molecule has 164 valence electrons. The molecule has 0 saturated carbocycles. The standard InChI is InChI=1S/C24H30N4O3/c1-24(2,3)31-23(29)28-12-4-11-27(13-14-28)16-17-5-10-21-20(15-17)26-22(30-21)18-6-8-19(25)9-7-18/h5-10,15H,4,11-14,16,25H2,1-3H3. The summed E-state index contributed by atoms with van der Waals surface area (Å²) in [6.07, 6.45) is 0.695. The van der Waals surface area contributed by atoms with E-state index < -0.39 is 5.60 Å². The smallest absolute Gasteiger partial charge is 0.410 e. The third kappa shape index (κ3) is 5.35. The zero-order chi connectivity index (χ0) is 22.0. The van der Waals surface area contributed by atoms with Gasteiger partial charge in [0.1, 0.15) is 11.1 Å². The number of oxazole rings is 1. The largest absolute Gasteiger partial charge is 0.444 e. The molecule has 1 aromatic heterocycles. The quantitative estimate of drug-likeness (QED) is 0.625. The second-order valence-corrected chi connectivity index (χ2v) is 9.04. The molecule has 1 saturated heterocycles. The van der Waals surface area contributed by atoms with Crippen molar-refractivity contribution in [2.24, 2.45) is 0 Å². The molecular weight excluding hydrogens is 392 g/mol. The van der Waals surface area contributed by atoms with Crippen LogP contribution in [0.3, 0.4) is 0 Å². The lowest BCUT2D eigenvalue weighted by Gasteiger charge is -2.26. The van der Waals surface area contributed by atoms with Gasteiger partial charge in [0, 0.05) is 44.0 Å². The molecule has 1 aliphatic rings. The first-order valence-corrected chi connectivity index (χ1v) is 10.7. The van der Waals surface area contributed by atoms with Gasteiger partial charge in [-0.2, -0.15) is 0 Å². The minimum absolute atomic E-state index is 0.228. The Bertz CT molecular complexity index is 1050. The van der Waals surface area contributed by atoms with Gasteiger partial charge >= 0.3 is 6.09 Å². The van der Waals surface area contributed by atoms with Crippen LogP contribution in [0.5, 0.6) is 0 Å². The fourth-order valence-corrected chi connectivity index (χ4v) is 3.72. The number of hydrogen-bond acceptors (Lipinski definition) is 6. The zero-order valence-corrected chi connectivity index (χ0v) is 18.4. The Morgan fingerprint density at radius 3 is 2.61 bits per heavy atom. The van der Waals surface area contributed by atoms with Crippen LogP contribution in [0.2, 0.25) is 0 Å². The Hall–Kier alpha value is -3.06. The van der Waals surface area contributed by atoms with Crippen molar-refractivity contribution in [3.63, 3.8) is 0 Å². The van der Waals surface area contributed by atoms with E-state index in [0.717, 1.165) is 49.3 Å². The van der Waals surface area contributed by atoms with Crippen molar-refractivity contribution < 1.29 is 13.9 Å². The summed E-state index contributed by atoms with van der Waals surface area (Å²) in [6.45, 7) is 9.64.